The van der Waals surface area contributed by atoms with Crippen molar-refractivity contribution in [3.8, 4) is 0 Å². The molecule has 0 spiro atoms. The lowest BCUT2D eigenvalue weighted by Gasteiger charge is -2.31. The van der Waals surface area contributed by atoms with Gasteiger partial charge in [-0.1, -0.05) is 29.8 Å². The van der Waals surface area contributed by atoms with Crippen LogP contribution in [0, 0.1) is 6.92 Å². The van der Waals surface area contributed by atoms with E-state index < -0.39 is 0 Å². The monoisotopic (exact) mass is 301 g/mol. The fourth-order valence-electron chi connectivity index (χ4n) is 2.82. The molecule has 0 radical (unpaired) electrons. The van der Waals surface area contributed by atoms with Gasteiger partial charge in [-0.15, -0.1) is 0 Å². The van der Waals surface area contributed by atoms with Gasteiger partial charge in [0, 0.05) is 19.2 Å². The van der Waals surface area contributed by atoms with Gasteiger partial charge in [0.1, 0.15) is 13.2 Å². The molecule has 1 aromatic carbocycles. The summed E-state index contributed by atoms with van der Waals surface area (Å²) in [6, 6.07) is 8.78. The lowest BCUT2D eigenvalue weighted by Crippen LogP contribution is -2.35. The Morgan fingerprint density at radius 1 is 1.00 bits per heavy atom. The molecule has 0 atom stereocenters. The van der Waals surface area contributed by atoms with E-state index in [1.165, 1.54) is 16.8 Å². The summed E-state index contributed by atoms with van der Waals surface area (Å²) in [7, 11) is 0. The minimum absolute atomic E-state index is 0.806. The number of nitrogens with zero attached hydrogens (tertiary/aromatic N) is 2. The van der Waals surface area contributed by atoms with E-state index in [1.807, 2.05) is 0 Å². The van der Waals surface area contributed by atoms with Crippen LogP contribution in [0.4, 0.5) is 0 Å². The predicted molar refractivity (Wildman–Crippen MR) is 88.4 cm³/mol. The van der Waals surface area contributed by atoms with Crippen LogP contribution in [0.5, 0.6) is 0 Å². The van der Waals surface area contributed by atoms with Crippen molar-refractivity contribution in [2.45, 2.75) is 6.92 Å². The van der Waals surface area contributed by atoms with Crippen LogP contribution in [0.1, 0.15) is 11.1 Å². The first-order valence-corrected chi connectivity index (χ1v) is 8.09. The predicted octanol–water partition coefficient (Wildman–Crippen LogP) is 1.78. The topological polar surface area (TPSA) is 24.7 Å². The van der Waals surface area contributed by atoms with Crippen molar-refractivity contribution in [3.05, 3.63) is 41.5 Å². The highest BCUT2D eigenvalue weighted by Gasteiger charge is 2.16. The van der Waals surface area contributed by atoms with E-state index in [1.54, 1.807) is 0 Å². The lowest BCUT2D eigenvalue weighted by molar-refractivity contribution is -0.544. The number of hydrogen-bond donors (Lipinski definition) is 0. The second-order valence-electron chi connectivity index (χ2n) is 5.81. The van der Waals surface area contributed by atoms with Crippen molar-refractivity contribution in [1.29, 1.82) is 0 Å². The maximum absolute atomic E-state index is 5.49. The molecule has 0 bridgehead atoms. The highest BCUT2D eigenvalue weighted by molar-refractivity contribution is 5.81. The largest absolute Gasteiger partial charge is 0.378 e. The van der Waals surface area contributed by atoms with Crippen LogP contribution in [-0.2, 0) is 9.47 Å². The van der Waals surface area contributed by atoms with Gasteiger partial charge in [0.25, 0.3) is 0 Å². The van der Waals surface area contributed by atoms with E-state index in [4.69, 9.17) is 9.47 Å². The van der Waals surface area contributed by atoms with Crippen molar-refractivity contribution >= 4 is 11.9 Å². The highest BCUT2D eigenvalue weighted by atomic mass is 16.5. The molecule has 0 N–H and O–H groups in total. The summed E-state index contributed by atoms with van der Waals surface area (Å²) >= 11 is 0. The van der Waals surface area contributed by atoms with Gasteiger partial charge in [0.15, 0.2) is 19.3 Å². The molecule has 2 aliphatic heterocycles. The molecule has 2 saturated heterocycles. The van der Waals surface area contributed by atoms with Gasteiger partial charge >= 0.3 is 0 Å². The highest BCUT2D eigenvalue weighted by Crippen LogP contribution is 2.20. The Bertz CT molecular complexity index is 535. The first kappa shape index (κ1) is 15.3. The Morgan fingerprint density at radius 3 is 2.32 bits per heavy atom. The number of rotatable bonds is 3. The smallest absolute Gasteiger partial charge is 0.166 e. The second-order valence-corrected chi connectivity index (χ2v) is 5.81. The normalized spacial score (nSPS) is 20.1. The number of ether oxygens (including phenoxy) is 2. The van der Waals surface area contributed by atoms with Crippen LogP contribution in [-0.4, -0.2) is 68.3 Å². The van der Waals surface area contributed by atoms with Crippen molar-refractivity contribution in [1.82, 2.24) is 4.90 Å². The Kier molecular flexibility index (Phi) is 5.24. The van der Waals surface area contributed by atoms with Gasteiger partial charge in [-0.25, -0.2) is 4.58 Å². The van der Waals surface area contributed by atoms with Crippen molar-refractivity contribution in [2.75, 3.05) is 52.6 Å². The maximum Gasteiger partial charge on any atom is 0.166 e. The molecule has 0 aliphatic carbocycles. The van der Waals surface area contributed by atoms with Crippen LogP contribution >= 0.6 is 0 Å². The first-order valence-electron chi connectivity index (χ1n) is 8.09. The molecule has 2 heterocycles. The van der Waals surface area contributed by atoms with E-state index in [0.717, 1.165) is 52.6 Å². The minimum atomic E-state index is 0.806. The molecule has 1 aromatic rings. The van der Waals surface area contributed by atoms with Gasteiger partial charge in [-0.05, 0) is 12.5 Å². The standard InChI is InChI=1S/C18H25N2O2/c1-16-2-4-17(5-3-16)18(20-10-14-22-15-11-20)6-7-19-8-12-21-13-9-19/h2-7H,8-15H2,1H3/q+1. The summed E-state index contributed by atoms with van der Waals surface area (Å²) in [5.41, 5.74) is 3.86. The molecule has 0 saturated carbocycles. The van der Waals surface area contributed by atoms with Gasteiger partial charge in [-0.2, -0.15) is 0 Å². The first-order chi connectivity index (χ1) is 10.8. The SMILES string of the molecule is Cc1ccc(/C(=C/C=[N+]2CCOCC2)N2CCOCC2)cc1. The molecule has 3 rings (SSSR count). The van der Waals surface area contributed by atoms with E-state index >= 15 is 0 Å². The maximum atomic E-state index is 5.49. The molecule has 0 unspecified atom stereocenters. The van der Waals surface area contributed by atoms with Crippen LogP contribution in [0.2, 0.25) is 0 Å². The van der Waals surface area contributed by atoms with Gasteiger partial charge in [-0.3, -0.25) is 0 Å². The van der Waals surface area contributed by atoms with Gasteiger partial charge in [0.2, 0.25) is 0 Å². The van der Waals surface area contributed by atoms with Crippen molar-refractivity contribution in [2.24, 2.45) is 0 Å². The zero-order valence-corrected chi connectivity index (χ0v) is 13.3. The molecular weight excluding hydrogens is 276 g/mol. The summed E-state index contributed by atoms with van der Waals surface area (Å²) in [5.74, 6) is 0. The Labute approximate surface area is 132 Å². The number of allylic oxidation sites excluding steroid dienone is 1. The van der Waals surface area contributed by atoms with Crippen LogP contribution in [0.25, 0.3) is 5.70 Å². The average Bonchev–Trinajstić information content (AvgIpc) is 2.58. The molecule has 0 aromatic heterocycles. The van der Waals surface area contributed by atoms with E-state index in [0.29, 0.717) is 0 Å². The van der Waals surface area contributed by atoms with Gasteiger partial charge < -0.3 is 14.4 Å². The van der Waals surface area contributed by atoms with E-state index in [-0.39, 0.29) is 0 Å². The molecular formula is C18H25N2O2+. The third-order valence-corrected chi connectivity index (χ3v) is 4.19. The second kappa shape index (κ2) is 7.56. The summed E-state index contributed by atoms with van der Waals surface area (Å²) in [6.07, 6.45) is 4.47. The third-order valence-electron chi connectivity index (χ3n) is 4.19. The quantitative estimate of drug-likeness (QED) is 0.796. The van der Waals surface area contributed by atoms with Crippen LogP contribution in [0.15, 0.2) is 30.3 Å². The Hall–Kier alpha value is -1.65. The molecule has 4 heteroatoms. The Morgan fingerprint density at radius 2 is 1.64 bits per heavy atom. The van der Waals surface area contributed by atoms with Crippen molar-refractivity contribution < 1.29 is 14.0 Å². The lowest BCUT2D eigenvalue weighted by atomic mass is 10.1. The fraction of sp³-hybridized carbons (Fsp3) is 0.500. The number of morpholine rings is 2. The van der Waals surface area contributed by atoms with E-state index in [2.05, 4.69) is 53.0 Å². The fourth-order valence-corrected chi connectivity index (χ4v) is 2.82. The zero-order chi connectivity index (χ0) is 15.2. The summed E-state index contributed by atoms with van der Waals surface area (Å²) in [5, 5.41) is 0. The number of aryl methyl sites for hydroxylation is 1. The minimum Gasteiger partial charge on any atom is -0.378 e. The third kappa shape index (κ3) is 3.96. The summed E-state index contributed by atoms with van der Waals surface area (Å²) in [4.78, 5) is 2.42. The summed E-state index contributed by atoms with van der Waals surface area (Å²) < 4.78 is 13.2. The van der Waals surface area contributed by atoms with Crippen molar-refractivity contribution in [3.63, 3.8) is 0 Å². The molecule has 2 fully saturated rings. The Balaban J connectivity index is 1.85. The number of benzene rings is 1. The molecule has 22 heavy (non-hydrogen) atoms. The average molecular weight is 301 g/mol. The summed E-state index contributed by atoms with van der Waals surface area (Å²) in [6.45, 7) is 9.24. The molecule has 4 nitrogen and oxygen atoms in total. The molecule has 118 valence electrons. The van der Waals surface area contributed by atoms with Gasteiger partial charge in [0.05, 0.1) is 18.9 Å². The molecule has 0 amide bonds. The van der Waals surface area contributed by atoms with E-state index in [9.17, 15) is 0 Å². The van der Waals surface area contributed by atoms with Crippen LogP contribution in [0.3, 0.4) is 0 Å². The van der Waals surface area contributed by atoms with Crippen LogP contribution < -0.4 is 0 Å². The zero-order valence-electron chi connectivity index (χ0n) is 13.3. The number of hydrogen-bond acceptors (Lipinski definition) is 3. The molecule has 2 aliphatic rings.